The molecule has 1 heterocycles. The van der Waals surface area contributed by atoms with Gasteiger partial charge in [-0.2, -0.15) is 5.26 Å². The summed E-state index contributed by atoms with van der Waals surface area (Å²) >= 11 is 0. The van der Waals surface area contributed by atoms with E-state index in [-0.39, 0.29) is 12.4 Å². The second-order valence-corrected chi connectivity index (χ2v) is 5.68. The number of amides is 1. The first kappa shape index (κ1) is 18.7. The SMILES string of the molecule is N#Cc1cccc(NC(=O)COC(=O)c2ccc(COc3ccccc3)o2)c1. The number of hydrogen-bond donors (Lipinski definition) is 1. The number of rotatable bonds is 7. The van der Waals surface area contributed by atoms with Crippen LogP contribution in [-0.4, -0.2) is 18.5 Å². The Morgan fingerprint density at radius 2 is 1.86 bits per heavy atom. The first-order valence-corrected chi connectivity index (χ1v) is 8.38. The van der Waals surface area contributed by atoms with Crippen molar-refractivity contribution in [2.24, 2.45) is 0 Å². The molecule has 1 N–H and O–H groups in total. The van der Waals surface area contributed by atoms with Crippen LogP contribution in [0.4, 0.5) is 5.69 Å². The number of benzene rings is 2. The van der Waals surface area contributed by atoms with E-state index in [2.05, 4.69) is 5.32 Å². The summed E-state index contributed by atoms with van der Waals surface area (Å²) in [7, 11) is 0. The Bertz CT molecular complexity index is 1000. The molecule has 0 unspecified atom stereocenters. The number of nitrogens with zero attached hydrogens (tertiary/aromatic N) is 1. The molecular weight excluding hydrogens is 360 g/mol. The van der Waals surface area contributed by atoms with Crippen molar-refractivity contribution >= 4 is 17.6 Å². The topological polar surface area (TPSA) is 102 Å². The molecule has 3 rings (SSSR count). The Morgan fingerprint density at radius 1 is 1.04 bits per heavy atom. The number of esters is 1. The molecule has 3 aromatic rings. The number of anilines is 1. The van der Waals surface area contributed by atoms with Gasteiger partial charge in [0.1, 0.15) is 18.1 Å². The predicted octanol–water partition coefficient (Wildman–Crippen LogP) is 3.53. The highest BCUT2D eigenvalue weighted by Crippen LogP contribution is 2.15. The van der Waals surface area contributed by atoms with Gasteiger partial charge in [0.2, 0.25) is 5.76 Å². The smallest absolute Gasteiger partial charge is 0.374 e. The minimum atomic E-state index is -0.758. The van der Waals surface area contributed by atoms with Gasteiger partial charge in [-0.15, -0.1) is 0 Å². The molecule has 0 spiro atoms. The van der Waals surface area contributed by atoms with Crippen molar-refractivity contribution < 1.29 is 23.5 Å². The second-order valence-electron chi connectivity index (χ2n) is 5.68. The molecule has 0 fully saturated rings. The average Bonchev–Trinajstić information content (AvgIpc) is 3.20. The van der Waals surface area contributed by atoms with Crippen molar-refractivity contribution in [3.63, 3.8) is 0 Å². The van der Waals surface area contributed by atoms with Crippen molar-refractivity contribution in [2.45, 2.75) is 6.61 Å². The fourth-order valence-corrected chi connectivity index (χ4v) is 2.30. The fourth-order valence-electron chi connectivity index (χ4n) is 2.30. The van der Waals surface area contributed by atoms with Gasteiger partial charge in [-0.25, -0.2) is 4.79 Å². The second kappa shape index (κ2) is 9.05. The zero-order valence-corrected chi connectivity index (χ0v) is 14.8. The quantitative estimate of drug-likeness (QED) is 0.633. The van der Waals surface area contributed by atoms with Crippen LogP contribution < -0.4 is 10.1 Å². The lowest BCUT2D eigenvalue weighted by molar-refractivity contribution is -0.119. The van der Waals surface area contributed by atoms with E-state index in [1.54, 1.807) is 24.3 Å². The van der Waals surface area contributed by atoms with Crippen LogP contribution in [0.15, 0.2) is 71.1 Å². The van der Waals surface area contributed by atoms with Crippen LogP contribution in [-0.2, 0) is 16.1 Å². The standard InChI is InChI=1S/C21H16N2O5/c22-12-15-5-4-6-16(11-15)23-20(24)14-27-21(25)19-10-9-18(28-19)13-26-17-7-2-1-3-8-17/h1-11H,13-14H2,(H,23,24). The van der Waals surface area contributed by atoms with E-state index in [0.29, 0.717) is 22.8 Å². The maximum Gasteiger partial charge on any atom is 0.374 e. The third-order valence-electron chi connectivity index (χ3n) is 3.60. The fraction of sp³-hybridized carbons (Fsp3) is 0.0952. The molecule has 0 saturated heterocycles. The lowest BCUT2D eigenvalue weighted by Gasteiger charge is -2.06. The first-order valence-electron chi connectivity index (χ1n) is 8.38. The maximum absolute atomic E-state index is 12.0. The number of nitrogens with one attached hydrogen (secondary N) is 1. The van der Waals surface area contributed by atoms with Gasteiger partial charge in [-0.3, -0.25) is 4.79 Å². The van der Waals surface area contributed by atoms with E-state index in [1.165, 1.54) is 12.1 Å². The van der Waals surface area contributed by atoms with E-state index in [9.17, 15) is 9.59 Å². The number of carbonyl (C=O) groups excluding carboxylic acids is 2. The summed E-state index contributed by atoms with van der Waals surface area (Å²) in [6.07, 6.45) is 0. The van der Waals surface area contributed by atoms with E-state index >= 15 is 0 Å². The molecule has 0 saturated carbocycles. The van der Waals surface area contributed by atoms with Crippen molar-refractivity contribution in [2.75, 3.05) is 11.9 Å². The Kier molecular flexibility index (Phi) is 6.06. The van der Waals surface area contributed by atoms with E-state index in [0.717, 1.165) is 0 Å². The van der Waals surface area contributed by atoms with Crippen LogP contribution in [0.5, 0.6) is 5.75 Å². The highest BCUT2D eigenvalue weighted by atomic mass is 16.6. The summed E-state index contributed by atoms with van der Waals surface area (Å²) in [5.74, 6) is -0.172. The van der Waals surface area contributed by atoms with Crippen LogP contribution in [0.2, 0.25) is 0 Å². The van der Waals surface area contributed by atoms with Gasteiger partial charge in [0.05, 0.1) is 11.6 Å². The van der Waals surface area contributed by atoms with Crippen LogP contribution in [0.3, 0.4) is 0 Å². The van der Waals surface area contributed by atoms with E-state index in [4.69, 9.17) is 19.2 Å². The molecule has 7 nitrogen and oxygen atoms in total. The van der Waals surface area contributed by atoms with Crippen molar-refractivity contribution in [3.05, 3.63) is 83.8 Å². The van der Waals surface area contributed by atoms with Crippen LogP contribution >= 0.6 is 0 Å². The zero-order chi connectivity index (χ0) is 19.8. The number of furan rings is 1. The highest BCUT2D eigenvalue weighted by molar-refractivity contribution is 5.94. The molecule has 2 aromatic carbocycles. The lowest BCUT2D eigenvalue weighted by Crippen LogP contribution is -2.20. The molecule has 0 aliphatic carbocycles. The van der Waals surface area contributed by atoms with Crippen LogP contribution in [0, 0.1) is 11.3 Å². The summed E-state index contributed by atoms with van der Waals surface area (Å²) in [4.78, 5) is 23.9. The molecule has 0 bridgehead atoms. The Labute approximate surface area is 161 Å². The Morgan fingerprint density at radius 3 is 2.64 bits per heavy atom. The summed E-state index contributed by atoms with van der Waals surface area (Å²) in [6, 6.07) is 20.6. The predicted molar refractivity (Wildman–Crippen MR) is 99.6 cm³/mol. The van der Waals surface area contributed by atoms with Gasteiger partial charge in [0.25, 0.3) is 5.91 Å². The van der Waals surface area contributed by atoms with Crippen molar-refractivity contribution in [1.82, 2.24) is 0 Å². The number of nitriles is 1. The van der Waals surface area contributed by atoms with Gasteiger partial charge in [0.15, 0.2) is 6.61 Å². The first-order chi connectivity index (χ1) is 13.6. The molecule has 7 heteroatoms. The van der Waals surface area contributed by atoms with Crippen LogP contribution in [0.25, 0.3) is 0 Å². The summed E-state index contributed by atoms with van der Waals surface area (Å²) in [5, 5.41) is 11.4. The largest absolute Gasteiger partial charge is 0.486 e. The molecule has 140 valence electrons. The van der Waals surface area contributed by atoms with Gasteiger partial charge < -0.3 is 19.2 Å². The van der Waals surface area contributed by atoms with Crippen molar-refractivity contribution in [1.29, 1.82) is 5.26 Å². The maximum atomic E-state index is 12.0. The molecular formula is C21H16N2O5. The Hall–Kier alpha value is -4.05. The highest BCUT2D eigenvalue weighted by Gasteiger charge is 2.15. The van der Waals surface area contributed by atoms with Crippen LogP contribution in [0.1, 0.15) is 21.9 Å². The van der Waals surface area contributed by atoms with Crippen molar-refractivity contribution in [3.8, 4) is 11.8 Å². The van der Waals surface area contributed by atoms with Gasteiger partial charge in [0, 0.05) is 5.69 Å². The molecule has 1 amide bonds. The van der Waals surface area contributed by atoms with E-state index < -0.39 is 18.5 Å². The molecule has 0 atom stereocenters. The molecule has 28 heavy (non-hydrogen) atoms. The summed E-state index contributed by atoms with van der Waals surface area (Å²) < 4.78 is 15.9. The molecule has 1 aromatic heterocycles. The van der Waals surface area contributed by atoms with E-state index in [1.807, 2.05) is 36.4 Å². The number of para-hydroxylation sites is 1. The summed E-state index contributed by atoms with van der Waals surface area (Å²) in [6.45, 7) is -0.320. The lowest BCUT2D eigenvalue weighted by atomic mass is 10.2. The average molecular weight is 376 g/mol. The van der Waals surface area contributed by atoms with Gasteiger partial charge in [-0.1, -0.05) is 24.3 Å². The minimum absolute atomic E-state index is 0.0223. The number of carbonyl (C=O) groups is 2. The molecule has 0 aliphatic heterocycles. The third-order valence-corrected chi connectivity index (χ3v) is 3.60. The van der Waals surface area contributed by atoms with Gasteiger partial charge in [-0.05, 0) is 42.5 Å². The molecule has 0 aliphatic rings. The monoisotopic (exact) mass is 376 g/mol. The zero-order valence-electron chi connectivity index (χ0n) is 14.8. The summed E-state index contributed by atoms with van der Waals surface area (Å²) in [5.41, 5.74) is 0.856. The normalized spacial score (nSPS) is 9.96. The molecule has 0 radical (unpaired) electrons. The van der Waals surface area contributed by atoms with Gasteiger partial charge >= 0.3 is 5.97 Å². The minimum Gasteiger partial charge on any atom is -0.486 e. The Balaban J connectivity index is 1.47. The number of ether oxygens (including phenoxy) is 2. The third kappa shape index (κ3) is 5.22. The number of hydrogen-bond acceptors (Lipinski definition) is 6.